The van der Waals surface area contributed by atoms with Gasteiger partial charge < -0.3 is 9.84 Å². The Bertz CT molecular complexity index is 1040. The minimum atomic E-state index is -0.395. The Kier molecular flexibility index (Phi) is 6.20. The molecule has 0 spiro atoms. The SMILES string of the molecule is CCCCCN1C(=O)NC(c2ccc(Cl)cc2)C(c2nc(-c3cccs3)no2)=C1C. The van der Waals surface area contributed by atoms with Crippen molar-refractivity contribution < 1.29 is 9.32 Å². The molecule has 3 aromatic rings. The van der Waals surface area contributed by atoms with Crippen LogP contribution in [0.25, 0.3) is 16.3 Å². The van der Waals surface area contributed by atoms with Crippen LogP contribution in [0.5, 0.6) is 0 Å². The van der Waals surface area contributed by atoms with Crippen LogP contribution in [0.3, 0.4) is 0 Å². The number of nitrogens with zero attached hydrogens (tertiary/aromatic N) is 3. The molecule has 0 fully saturated rings. The van der Waals surface area contributed by atoms with Gasteiger partial charge in [-0.3, -0.25) is 4.90 Å². The summed E-state index contributed by atoms with van der Waals surface area (Å²) in [6.07, 6.45) is 3.09. The first-order valence-electron chi connectivity index (χ1n) is 10.0. The Hall–Kier alpha value is -2.64. The van der Waals surface area contributed by atoms with Crippen LogP contribution in [-0.4, -0.2) is 27.6 Å². The minimum absolute atomic E-state index is 0.120. The van der Waals surface area contributed by atoms with Gasteiger partial charge in [0.05, 0.1) is 16.5 Å². The molecule has 0 radical (unpaired) electrons. The third-order valence-corrected chi connectivity index (χ3v) is 6.30. The van der Waals surface area contributed by atoms with E-state index in [2.05, 4.69) is 22.4 Å². The van der Waals surface area contributed by atoms with Crippen LogP contribution in [0.2, 0.25) is 5.02 Å². The van der Waals surface area contributed by atoms with Gasteiger partial charge in [0.15, 0.2) is 0 Å². The number of unbranched alkanes of at least 4 members (excludes halogenated alkanes) is 2. The van der Waals surface area contributed by atoms with Crippen molar-refractivity contribution in [1.29, 1.82) is 0 Å². The average molecular weight is 443 g/mol. The molecule has 1 N–H and O–H groups in total. The number of benzene rings is 1. The van der Waals surface area contributed by atoms with Crippen LogP contribution in [0, 0.1) is 0 Å². The highest BCUT2D eigenvalue weighted by Gasteiger charge is 2.35. The lowest BCUT2D eigenvalue weighted by molar-refractivity contribution is 0.204. The number of urea groups is 1. The number of hydrogen-bond acceptors (Lipinski definition) is 5. The van der Waals surface area contributed by atoms with Crippen molar-refractivity contribution >= 4 is 34.5 Å². The molecule has 2 aromatic heterocycles. The fourth-order valence-corrected chi connectivity index (χ4v) is 4.37. The summed E-state index contributed by atoms with van der Waals surface area (Å²) < 4.78 is 5.67. The number of carbonyl (C=O) groups is 1. The third kappa shape index (κ3) is 4.13. The van der Waals surface area contributed by atoms with Crippen LogP contribution in [0.4, 0.5) is 4.79 Å². The van der Waals surface area contributed by atoms with Crippen LogP contribution < -0.4 is 5.32 Å². The first-order valence-corrected chi connectivity index (χ1v) is 11.3. The smallest absolute Gasteiger partial charge is 0.322 e. The van der Waals surface area contributed by atoms with E-state index in [9.17, 15) is 4.79 Å². The Morgan fingerprint density at radius 1 is 1.23 bits per heavy atom. The summed E-state index contributed by atoms with van der Waals surface area (Å²) in [5.41, 5.74) is 2.55. The summed E-state index contributed by atoms with van der Waals surface area (Å²) in [6, 6.07) is 10.8. The Balaban J connectivity index is 1.76. The predicted octanol–water partition coefficient (Wildman–Crippen LogP) is 6.14. The molecule has 30 heavy (non-hydrogen) atoms. The number of allylic oxidation sites excluding steroid dienone is 1. The zero-order valence-corrected chi connectivity index (χ0v) is 18.5. The van der Waals surface area contributed by atoms with Crippen molar-refractivity contribution in [3.05, 3.63) is 64.0 Å². The highest BCUT2D eigenvalue weighted by atomic mass is 35.5. The zero-order chi connectivity index (χ0) is 21.1. The lowest BCUT2D eigenvalue weighted by atomic mass is 9.94. The van der Waals surface area contributed by atoms with E-state index < -0.39 is 6.04 Å². The van der Waals surface area contributed by atoms with Crippen LogP contribution >= 0.6 is 22.9 Å². The summed E-state index contributed by atoms with van der Waals surface area (Å²) in [6.45, 7) is 4.73. The lowest BCUT2D eigenvalue weighted by Gasteiger charge is -2.35. The molecule has 4 rings (SSSR count). The number of aromatic nitrogens is 2. The van der Waals surface area contributed by atoms with E-state index in [1.54, 1.807) is 16.2 Å². The normalized spacial score (nSPS) is 16.8. The molecule has 3 heterocycles. The second-order valence-corrected chi connectivity index (χ2v) is 8.58. The third-order valence-electron chi connectivity index (χ3n) is 5.18. The molecule has 0 saturated heterocycles. The maximum atomic E-state index is 12.9. The number of halogens is 1. The first kappa shape index (κ1) is 20.6. The molecule has 1 aromatic carbocycles. The molecule has 1 atom stereocenters. The van der Waals surface area contributed by atoms with Gasteiger partial charge in [-0.2, -0.15) is 4.98 Å². The highest BCUT2D eigenvalue weighted by molar-refractivity contribution is 7.13. The van der Waals surface area contributed by atoms with Gasteiger partial charge in [-0.05, 0) is 42.5 Å². The summed E-state index contributed by atoms with van der Waals surface area (Å²) in [5.74, 6) is 0.959. The van der Waals surface area contributed by atoms with Gasteiger partial charge in [-0.1, -0.05) is 54.7 Å². The summed E-state index contributed by atoms with van der Waals surface area (Å²) in [5, 5.41) is 9.90. The quantitative estimate of drug-likeness (QED) is 0.446. The summed E-state index contributed by atoms with van der Waals surface area (Å²) >= 11 is 7.62. The van der Waals surface area contributed by atoms with Crippen molar-refractivity contribution in [3.8, 4) is 10.7 Å². The van der Waals surface area contributed by atoms with Crippen LogP contribution in [0.15, 0.2) is 52.0 Å². The summed E-state index contributed by atoms with van der Waals surface area (Å²) in [4.78, 5) is 20.3. The highest BCUT2D eigenvalue weighted by Crippen LogP contribution is 2.38. The second kappa shape index (κ2) is 9.02. The number of carbonyl (C=O) groups excluding carboxylic acids is 1. The average Bonchev–Trinajstić information content (AvgIpc) is 3.42. The van der Waals surface area contributed by atoms with Gasteiger partial charge in [0.25, 0.3) is 5.89 Å². The zero-order valence-electron chi connectivity index (χ0n) is 16.9. The largest absolute Gasteiger partial charge is 0.334 e. The van der Waals surface area contributed by atoms with Crippen molar-refractivity contribution in [2.75, 3.05) is 6.54 Å². The Labute approximate surface area is 184 Å². The predicted molar refractivity (Wildman–Crippen MR) is 119 cm³/mol. The van der Waals surface area contributed by atoms with Gasteiger partial charge in [0.2, 0.25) is 5.82 Å². The van der Waals surface area contributed by atoms with E-state index in [0.717, 1.165) is 41.0 Å². The molecule has 2 amide bonds. The van der Waals surface area contributed by atoms with E-state index in [-0.39, 0.29) is 6.03 Å². The molecule has 1 aliphatic rings. The van der Waals surface area contributed by atoms with Gasteiger partial charge >= 0.3 is 6.03 Å². The van der Waals surface area contributed by atoms with Crippen molar-refractivity contribution in [3.63, 3.8) is 0 Å². The van der Waals surface area contributed by atoms with Gasteiger partial charge in [-0.15, -0.1) is 11.3 Å². The fourth-order valence-electron chi connectivity index (χ4n) is 3.59. The first-order chi connectivity index (χ1) is 14.6. The van der Waals surface area contributed by atoms with Gasteiger partial charge in [-0.25, -0.2) is 4.79 Å². The van der Waals surface area contributed by atoms with E-state index in [0.29, 0.717) is 23.3 Å². The van der Waals surface area contributed by atoms with Crippen molar-refractivity contribution in [2.45, 2.75) is 39.2 Å². The molecule has 156 valence electrons. The minimum Gasteiger partial charge on any atom is -0.334 e. The fraction of sp³-hybridized carbons (Fsp3) is 0.318. The van der Waals surface area contributed by atoms with E-state index in [4.69, 9.17) is 16.1 Å². The molecule has 0 saturated carbocycles. The van der Waals surface area contributed by atoms with Crippen LogP contribution in [-0.2, 0) is 0 Å². The number of rotatable bonds is 7. The maximum Gasteiger partial charge on any atom is 0.322 e. The number of hydrogen-bond donors (Lipinski definition) is 1. The summed E-state index contributed by atoms with van der Waals surface area (Å²) in [7, 11) is 0. The lowest BCUT2D eigenvalue weighted by Crippen LogP contribution is -2.46. The van der Waals surface area contributed by atoms with E-state index >= 15 is 0 Å². The Morgan fingerprint density at radius 2 is 2.03 bits per heavy atom. The molecule has 0 bridgehead atoms. The van der Waals surface area contributed by atoms with Crippen LogP contribution in [0.1, 0.15) is 50.6 Å². The molecule has 6 nitrogen and oxygen atoms in total. The molecular formula is C22H23ClN4O2S. The molecular weight excluding hydrogens is 420 g/mol. The standard InChI is InChI=1S/C22H23ClN4O2S/c1-3-4-5-12-27-14(2)18(21-25-20(26-29-21)17-7-6-13-30-17)19(24-22(27)28)15-8-10-16(23)11-9-15/h6-11,13,19H,3-5,12H2,1-2H3,(H,24,28). The molecule has 1 aliphatic heterocycles. The molecule has 0 aliphatic carbocycles. The van der Waals surface area contributed by atoms with Crippen molar-refractivity contribution in [2.24, 2.45) is 0 Å². The number of thiophene rings is 1. The van der Waals surface area contributed by atoms with Crippen molar-refractivity contribution in [1.82, 2.24) is 20.4 Å². The van der Waals surface area contributed by atoms with E-state index in [1.807, 2.05) is 48.7 Å². The monoisotopic (exact) mass is 442 g/mol. The maximum absolute atomic E-state index is 12.9. The van der Waals surface area contributed by atoms with Gasteiger partial charge in [0, 0.05) is 17.3 Å². The van der Waals surface area contributed by atoms with E-state index in [1.165, 1.54) is 0 Å². The Morgan fingerprint density at radius 3 is 2.73 bits per heavy atom. The molecule has 1 unspecified atom stereocenters. The molecule has 8 heteroatoms. The number of nitrogens with one attached hydrogen (secondary N) is 1. The van der Waals surface area contributed by atoms with Gasteiger partial charge in [0.1, 0.15) is 0 Å². The number of amides is 2. The topological polar surface area (TPSA) is 71.3 Å². The second-order valence-electron chi connectivity index (χ2n) is 7.19.